The van der Waals surface area contributed by atoms with Crippen LogP contribution in [-0.2, 0) is 28.8 Å². The van der Waals surface area contributed by atoms with Crippen molar-refractivity contribution in [3.8, 4) is 57.5 Å². The zero-order valence-electron chi connectivity index (χ0n) is 30.7. The summed E-state index contributed by atoms with van der Waals surface area (Å²) in [7, 11) is 0. The molecule has 0 aromatic heterocycles. The van der Waals surface area contributed by atoms with Gasteiger partial charge in [-0.15, -0.1) is 0 Å². The van der Waals surface area contributed by atoms with Gasteiger partial charge < -0.3 is 28.4 Å². The summed E-state index contributed by atoms with van der Waals surface area (Å²) >= 11 is 0. The summed E-state index contributed by atoms with van der Waals surface area (Å²) < 4.78 is 46.4. The molecule has 0 amide bonds. The van der Waals surface area contributed by atoms with Crippen LogP contribution < -0.4 is 28.4 Å². The molecule has 4 aromatic rings. The van der Waals surface area contributed by atoms with Gasteiger partial charge in [0, 0.05) is 41.5 Å². The number of esters is 6. The molecule has 0 aliphatic rings. The van der Waals surface area contributed by atoms with Crippen molar-refractivity contribution in [3.63, 3.8) is 0 Å². The Hall–Kier alpha value is -8.37. The van der Waals surface area contributed by atoms with E-state index in [1.807, 2.05) is 0 Å². The average Bonchev–Trinajstić information content (AvgIpc) is 3.22. The highest BCUT2D eigenvalue weighted by Crippen LogP contribution is 2.38. The van der Waals surface area contributed by atoms with Crippen LogP contribution in [-0.4, -0.2) is 35.8 Å². The van der Waals surface area contributed by atoms with Gasteiger partial charge in [0.25, 0.3) is 0 Å². The lowest BCUT2D eigenvalue weighted by molar-refractivity contribution is -0.132. The molecular formula is C45H31FO12. The molecule has 0 spiro atoms. The summed E-state index contributed by atoms with van der Waals surface area (Å²) in [4.78, 5) is 72.9. The number of rotatable bonds is 14. The number of hydrogen-bond donors (Lipinski definition) is 0. The van der Waals surface area contributed by atoms with Gasteiger partial charge in [0.1, 0.15) is 11.3 Å². The van der Waals surface area contributed by atoms with Crippen LogP contribution in [0.5, 0.6) is 34.5 Å². The summed E-state index contributed by atoms with van der Waals surface area (Å²) in [6.45, 7) is 18.1. The Balaban J connectivity index is 1.67. The van der Waals surface area contributed by atoms with Crippen LogP contribution in [0.3, 0.4) is 0 Å². The highest BCUT2D eigenvalue weighted by molar-refractivity contribution is 5.95. The summed E-state index contributed by atoms with van der Waals surface area (Å²) in [6, 6.07) is 17.9. The normalized spacial score (nSPS) is 10.3. The molecule has 290 valence electrons. The van der Waals surface area contributed by atoms with Gasteiger partial charge in [-0.25, -0.2) is 28.8 Å². The van der Waals surface area contributed by atoms with E-state index in [1.165, 1.54) is 37.3 Å². The predicted octanol–water partition coefficient (Wildman–Crippen LogP) is 7.36. The Bertz CT molecular complexity index is 2420. The van der Waals surface area contributed by atoms with Gasteiger partial charge in [-0.05, 0) is 78.2 Å². The van der Waals surface area contributed by atoms with Gasteiger partial charge in [-0.3, -0.25) is 0 Å². The summed E-state index contributed by atoms with van der Waals surface area (Å²) in [5.74, 6) is -2.60. The van der Waals surface area contributed by atoms with E-state index in [0.717, 1.165) is 42.5 Å². The van der Waals surface area contributed by atoms with Gasteiger partial charge >= 0.3 is 35.8 Å². The van der Waals surface area contributed by atoms with Gasteiger partial charge in [0.15, 0.2) is 23.0 Å². The molecule has 58 heavy (non-hydrogen) atoms. The minimum Gasteiger partial charge on any atom is -0.423 e. The van der Waals surface area contributed by atoms with Crippen molar-refractivity contribution in [3.05, 3.63) is 164 Å². The molecule has 13 heteroatoms. The molecule has 0 saturated carbocycles. The fourth-order valence-electron chi connectivity index (χ4n) is 4.57. The monoisotopic (exact) mass is 782 g/mol. The van der Waals surface area contributed by atoms with Crippen LogP contribution in [0.4, 0.5) is 4.39 Å². The predicted molar refractivity (Wildman–Crippen MR) is 209 cm³/mol. The molecule has 0 aliphatic carbocycles. The number of carbonyl (C=O) groups is 6. The molecule has 0 radical (unpaired) electrons. The molecule has 0 bridgehead atoms. The van der Waals surface area contributed by atoms with Crippen molar-refractivity contribution in [2.75, 3.05) is 0 Å². The molecule has 0 heterocycles. The van der Waals surface area contributed by atoms with Gasteiger partial charge in [-0.2, -0.15) is 4.39 Å². The average molecular weight is 783 g/mol. The lowest BCUT2D eigenvalue weighted by atomic mass is 10.00. The lowest BCUT2D eigenvalue weighted by Crippen LogP contribution is -2.13. The molecule has 0 fully saturated rings. The van der Waals surface area contributed by atoms with Crippen LogP contribution in [0.15, 0.2) is 142 Å². The second-order valence-electron chi connectivity index (χ2n) is 11.3. The number of halogens is 1. The Labute approximate surface area is 331 Å². The van der Waals surface area contributed by atoms with Crippen LogP contribution in [0, 0.1) is 17.7 Å². The van der Waals surface area contributed by atoms with E-state index >= 15 is 4.39 Å². The maximum Gasteiger partial charge on any atom is 0.339 e. The minimum absolute atomic E-state index is 0.0414. The smallest absolute Gasteiger partial charge is 0.339 e. The highest BCUT2D eigenvalue weighted by atomic mass is 19.1. The minimum atomic E-state index is -1.29. The van der Waals surface area contributed by atoms with Gasteiger partial charge in [0.05, 0.1) is 0 Å². The molecule has 0 atom stereocenters. The van der Waals surface area contributed by atoms with Crippen molar-refractivity contribution in [2.45, 2.75) is 6.92 Å². The van der Waals surface area contributed by atoms with Crippen LogP contribution >= 0.6 is 0 Å². The maximum absolute atomic E-state index is 15.2. The van der Waals surface area contributed by atoms with E-state index in [0.29, 0.717) is 22.3 Å². The number of hydrogen-bond acceptors (Lipinski definition) is 12. The van der Waals surface area contributed by atoms with Crippen molar-refractivity contribution >= 4 is 41.9 Å². The topological polar surface area (TPSA) is 158 Å². The number of benzene rings is 4. The number of ether oxygens (including phenoxy) is 6. The molecule has 0 N–H and O–H groups in total. The molecule has 0 unspecified atom stereocenters. The van der Waals surface area contributed by atoms with E-state index in [2.05, 4.69) is 44.7 Å². The third-order valence-electron chi connectivity index (χ3n) is 7.32. The Morgan fingerprint density at radius 2 is 1.02 bits per heavy atom. The summed E-state index contributed by atoms with van der Waals surface area (Å²) in [6.07, 6.45) is 5.92. The fraction of sp³-hybridized carbons (Fsp3) is 0.0222. The molecule has 4 rings (SSSR count). The van der Waals surface area contributed by atoms with E-state index < -0.39 is 58.9 Å². The van der Waals surface area contributed by atoms with E-state index in [9.17, 15) is 28.8 Å². The molecule has 12 nitrogen and oxygen atoms in total. The SMILES string of the molecule is C=CC(=O)Oc1ccc(C#Cc2c(OC(=O)C=C)cc(-c3ccc(C=C(C)C(=O)Oc4ccc(OC(=O)C=C)c(F)c4OC(=O)C=C)cc3)cc2OC(=O)C=C)cc1. The Morgan fingerprint density at radius 3 is 1.55 bits per heavy atom. The first-order valence-electron chi connectivity index (χ1n) is 16.6. The quantitative estimate of drug-likeness (QED) is 0.0543. The lowest BCUT2D eigenvalue weighted by Gasteiger charge is -2.14. The van der Waals surface area contributed by atoms with Crippen molar-refractivity contribution < 1.29 is 61.6 Å². The van der Waals surface area contributed by atoms with Gasteiger partial charge in [-0.1, -0.05) is 69.0 Å². The van der Waals surface area contributed by atoms with E-state index in [1.54, 1.807) is 36.4 Å². The summed E-state index contributed by atoms with van der Waals surface area (Å²) in [5.41, 5.74) is 2.05. The zero-order chi connectivity index (χ0) is 42.4. The standard InChI is InChI=1S/C45H31FO12/c1-7-38(47)53-32-19-14-28(15-20-32)16-21-33-36(55-40(49)9-3)25-31(26-37(33)56-41(50)10-4)30-17-12-29(13-18-30)24-27(6)45(52)57-35-23-22-34(54-39(48)8-2)43(46)44(35)58-42(51)11-5/h7-15,17-20,22-26H,1-5H2,6H3. The fourth-order valence-corrected chi connectivity index (χ4v) is 4.57. The first kappa shape index (κ1) is 42.4. The third kappa shape index (κ3) is 11.3. The molecular weight excluding hydrogens is 751 g/mol. The van der Waals surface area contributed by atoms with Crippen molar-refractivity contribution in [2.24, 2.45) is 0 Å². The maximum atomic E-state index is 15.2. The second-order valence-corrected chi connectivity index (χ2v) is 11.3. The van der Waals surface area contributed by atoms with Crippen LogP contribution in [0.2, 0.25) is 0 Å². The summed E-state index contributed by atoms with van der Waals surface area (Å²) in [5, 5.41) is 0. The van der Waals surface area contributed by atoms with Crippen LogP contribution in [0.25, 0.3) is 17.2 Å². The van der Waals surface area contributed by atoms with Crippen molar-refractivity contribution in [1.82, 2.24) is 0 Å². The first-order valence-corrected chi connectivity index (χ1v) is 16.6. The molecule has 4 aromatic carbocycles. The Kier molecular flexibility index (Phi) is 14.5. The van der Waals surface area contributed by atoms with Gasteiger partial charge in [0.2, 0.25) is 11.6 Å². The highest BCUT2D eigenvalue weighted by Gasteiger charge is 2.23. The Morgan fingerprint density at radius 1 is 0.534 bits per heavy atom. The van der Waals surface area contributed by atoms with E-state index in [4.69, 9.17) is 28.4 Å². The zero-order valence-corrected chi connectivity index (χ0v) is 30.7. The first-order chi connectivity index (χ1) is 27.8. The third-order valence-corrected chi connectivity index (χ3v) is 7.32. The van der Waals surface area contributed by atoms with Crippen molar-refractivity contribution in [1.29, 1.82) is 0 Å². The molecule has 0 aliphatic heterocycles. The second kappa shape index (κ2) is 19.8. The number of carbonyl (C=O) groups excluding carboxylic acids is 6. The van der Waals surface area contributed by atoms with Crippen LogP contribution in [0.1, 0.15) is 23.6 Å². The van der Waals surface area contributed by atoms with E-state index in [-0.39, 0.29) is 28.4 Å². The largest absolute Gasteiger partial charge is 0.423 e. The molecule has 0 saturated heterocycles.